The standard InChI is InChI=1S/C26H24FNO/c1-26(2,3)25(29)20-17-28(16-18-10-6-4-7-11-18)22-15-14-21(27)23(24(20)22)19-12-8-5-9-13-19/h4-15,17H,16H2,1-3H3. The van der Waals surface area contributed by atoms with Crippen LogP contribution in [0.2, 0.25) is 0 Å². The van der Waals surface area contributed by atoms with Crippen molar-refractivity contribution >= 4 is 16.7 Å². The molecule has 0 aliphatic carbocycles. The Hall–Kier alpha value is -3.20. The fourth-order valence-corrected chi connectivity index (χ4v) is 3.74. The van der Waals surface area contributed by atoms with Crippen LogP contribution in [0.4, 0.5) is 4.39 Å². The summed E-state index contributed by atoms with van der Waals surface area (Å²) >= 11 is 0. The number of aromatic nitrogens is 1. The van der Waals surface area contributed by atoms with Crippen LogP contribution in [-0.2, 0) is 6.54 Å². The normalized spacial score (nSPS) is 11.7. The topological polar surface area (TPSA) is 22.0 Å². The summed E-state index contributed by atoms with van der Waals surface area (Å²) in [5, 5.41) is 0.687. The second kappa shape index (κ2) is 7.32. The molecule has 0 N–H and O–H groups in total. The number of nitrogens with zero attached hydrogens (tertiary/aromatic N) is 1. The molecule has 0 atom stereocenters. The average Bonchev–Trinajstić information content (AvgIpc) is 3.06. The summed E-state index contributed by atoms with van der Waals surface area (Å²) in [5.41, 5.74) is 3.26. The molecule has 0 aliphatic heterocycles. The predicted octanol–water partition coefficient (Wildman–Crippen LogP) is 6.72. The van der Waals surface area contributed by atoms with Gasteiger partial charge in [-0.05, 0) is 23.3 Å². The lowest BCUT2D eigenvalue weighted by atomic mass is 9.85. The number of ketones is 1. The molecule has 1 aromatic heterocycles. The predicted molar refractivity (Wildman–Crippen MR) is 117 cm³/mol. The Balaban J connectivity index is 2.01. The van der Waals surface area contributed by atoms with Crippen LogP contribution in [-0.4, -0.2) is 10.4 Å². The van der Waals surface area contributed by atoms with E-state index in [-0.39, 0.29) is 11.6 Å². The van der Waals surface area contributed by atoms with Gasteiger partial charge >= 0.3 is 0 Å². The molecule has 2 nitrogen and oxygen atoms in total. The van der Waals surface area contributed by atoms with Gasteiger partial charge in [0.15, 0.2) is 5.78 Å². The van der Waals surface area contributed by atoms with Crippen molar-refractivity contribution in [2.75, 3.05) is 0 Å². The minimum absolute atomic E-state index is 0.0112. The maximum Gasteiger partial charge on any atom is 0.170 e. The summed E-state index contributed by atoms with van der Waals surface area (Å²) in [6.07, 6.45) is 1.89. The molecule has 0 radical (unpaired) electrons. The van der Waals surface area contributed by atoms with Crippen LogP contribution in [0.3, 0.4) is 0 Å². The van der Waals surface area contributed by atoms with Crippen molar-refractivity contribution in [2.45, 2.75) is 27.3 Å². The van der Waals surface area contributed by atoms with Gasteiger partial charge in [0.05, 0.1) is 0 Å². The van der Waals surface area contributed by atoms with Crippen molar-refractivity contribution in [2.24, 2.45) is 5.41 Å². The van der Waals surface area contributed by atoms with E-state index in [1.165, 1.54) is 6.07 Å². The molecule has 0 amide bonds. The molecule has 0 spiro atoms. The number of fused-ring (bicyclic) bond motifs is 1. The maximum atomic E-state index is 15.1. The van der Waals surface area contributed by atoms with Crippen molar-refractivity contribution in [1.82, 2.24) is 4.57 Å². The number of carbonyl (C=O) groups is 1. The van der Waals surface area contributed by atoms with E-state index >= 15 is 4.39 Å². The van der Waals surface area contributed by atoms with E-state index in [9.17, 15) is 4.79 Å². The van der Waals surface area contributed by atoms with Crippen LogP contribution in [0.5, 0.6) is 0 Å². The van der Waals surface area contributed by atoms with Gasteiger partial charge in [-0.15, -0.1) is 0 Å². The zero-order valence-corrected chi connectivity index (χ0v) is 16.9. The second-order valence-electron chi connectivity index (χ2n) is 8.42. The lowest BCUT2D eigenvalue weighted by Crippen LogP contribution is -2.20. The summed E-state index contributed by atoms with van der Waals surface area (Å²) in [6, 6.07) is 22.8. The van der Waals surface area contributed by atoms with Gasteiger partial charge in [0, 0.05) is 40.2 Å². The largest absolute Gasteiger partial charge is 0.342 e. The second-order valence-corrected chi connectivity index (χ2v) is 8.42. The number of rotatable bonds is 4. The lowest BCUT2D eigenvalue weighted by molar-refractivity contribution is 0.0860. The Morgan fingerprint density at radius 2 is 1.52 bits per heavy atom. The van der Waals surface area contributed by atoms with E-state index in [4.69, 9.17) is 0 Å². The first-order valence-corrected chi connectivity index (χ1v) is 9.82. The molecular weight excluding hydrogens is 361 g/mol. The van der Waals surface area contributed by atoms with Gasteiger partial charge in [0.25, 0.3) is 0 Å². The minimum Gasteiger partial charge on any atom is -0.342 e. The van der Waals surface area contributed by atoms with Gasteiger partial charge in [-0.25, -0.2) is 4.39 Å². The lowest BCUT2D eigenvalue weighted by Gasteiger charge is -2.17. The summed E-state index contributed by atoms with van der Waals surface area (Å²) < 4.78 is 17.1. The Kier molecular flexibility index (Phi) is 4.83. The fourth-order valence-electron chi connectivity index (χ4n) is 3.74. The average molecular weight is 385 g/mol. The Morgan fingerprint density at radius 3 is 2.14 bits per heavy atom. The molecule has 4 rings (SSSR count). The van der Waals surface area contributed by atoms with E-state index in [0.717, 1.165) is 16.6 Å². The van der Waals surface area contributed by atoms with E-state index in [0.29, 0.717) is 23.1 Å². The molecule has 3 aromatic carbocycles. The van der Waals surface area contributed by atoms with E-state index in [2.05, 4.69) is 16.7 Å². The van der Waals surface area contributed by atoms with Crippen LogP contribution < -0.4 is 0 Å². The van der Waals surface area contributed by atoms with Gasteiger partial charge in [-0.1, -0.05) is 81.4 Å². The van der Waals surface area contributed by atoms with Crippen molar-refractivity contribution < 1.29 is 9.18 Å². The Labute approximate surface area is 170 Å². The van der Waals surface area contributed by atoms with Crippen molar-refractivity contribution in [3.8, 4) is 11.1 Å². The van der Waals surface area contributed by atoms with Crippen LogP contribution in [0.15, 0.2) is 79.0 Å². The van der Waals surface area contributed by atoms with Gasteiger partial charge in [-0.3, -0.25) is 4.79 Å². The molecule has 0 fully saturated rings. The van der Waals surface area contributed by atoms with Crippen molar-refractivity contribution in [1.29, 1.82) is 0 Å². The van der Waals surface area contributed by atoms with Crippen LogP contribution in [0, 0.1) is 11.2 Å². The Bertz CT molecular complexity index is 1170. The number of hydrogen-bond acceptors (Lipinski definition) is 1. The molecule has 146 valence electrons. The molecule has 1 heterocycles. The van der Waals surface area contributed by atoms with Gasteiger partial charge in [0.2, 0.25) is 0 Å². The number of carbonyl (C=O) groups excluding carboxylic acids is 1. The molecule has 29 heavy (non-hydrogen) atoms. The first kappa shape index (κ1) is 19.1. The summed E-state index contributed by atoms with van der Waals surface area (Å²) in [5.74, 6) is -0.304. The highest BCUT2D eigenvalue weighted by atomic mass is 19.1. The van der Waals surface area contributed by atoms with Crippen molar-refractivity contribution in [3.05, 3.63) is 95.9 Å². The minimum atomic E-state index is -0.563. The Morgan fingerprint density at radius 1 is 0.897 bits per heavy atom. The zero-order chi connectivity index (χ0) is 20.6. The monoisotopic (exact) mass is 385 g/mol. The van der Waals surface area contributed by atoms with Crippen molar-refractivity contribution in [3.63, 3.8) is 0 Å². The molecule has 0 saturated carbocycles. The van der Waals surface area contributed by atoms with E-state index < -0.39 is 5.41 Å². The third kappa shape index (κ3) is 3.61. The van der Waals surface area contributed by atoms with Gasteiger partial charge in [-0.2, -0.15) is 0 Å². The molecule has 3 heteroatoms. The number of hydrogen-bond donors (Lipinski definition) is 0. The third-order valence-electron chi connectivity index (χ3n) is 5.18. The first-order chi connectivity index (χ1) is 13.9. The van der Waals surface area contributed by atoms with E-state index in [1.54, 1.807) is 6.07 Å². The first-order valence-electron chi connectivity index (χ1n) is 9.82. The summed E-state index contributed by atoms with van der Waals surface area (Å²) in [7, 11) is 0. The highest BCUT2D eigenvalue weighted by molar-refractivity contribution is 6.14. The van der Waals surface area contributed by atoms with Crippen LogP contribution in [0.25, 0.3) is 22.0 Å². The highest BCUT2D eigenvalue weighted by Crippen LogP contribution is 2.37. The summed E-state index contributed by atoms with van der Waals surface area (Å²) in [6.45, 7) is 6.32. The quantitative estimate of drug-likeness (QED) is 0.357. The van der Waals surface area contributed by atoms with Gasteiger partial charge < -0.3 is 4.57 Å². The van der Waals surface area contributed by atoms with Crippen LogP contribution in [0.1, 0.15) is 36.7 Å². The fraction of sp³-hybridized carbons (Fsp3) is 0.192. The highest BCUT2D eigenvalue weighted by Gasteiger charge is 2.28. The number of Topliss-reactive ketones (excluding diaryl/α,β-unsaturated/α-hetero) is 1. The zero-order valence-electron chi connectivity index (χ0n) is 16.9. The number of halogens is 1. The molecule has 4 aromatic rings. The molecule has 0 bridgehead atoms. The molecule has 0 saturated heterocycles. The molecule has 0 aliphatic rings. The third-order valence-corrected chi connectivity index (χ3v) is 5.18. The van der Waals surface area contributed by atoms with Crippen LogP contribution >= 0.6 is 0 Å². The van der Waals surface area contributed by atoms with E-state index in [1.807, 2.05) is 75.5 Å². The van der Waals surface area contributed by atoms with Gasteiger partial charge in [0.1, 0.15) is 5.82 Å². The molecular formula is C26H24FNO. The smallest absolute Gasteiger partial charge is 0.170 e. The maximum absolute atomic E-state index is 15.1. The number of benzene rings is 3. The summed E-state index contributed by atoms with van der Waals surface area (Å²) in [4.78, 5) is 13.3. The molecule has 0 unspecified atom stereocenters. The SMILES string of the molecule is CC(C)(C)C(=O)c1cn(Cc2ccccc2)c2ccc(F)c(-c3ccccc3)c12.